The molecule has 0 radical (unpaired) electrons. The lowest BCUT2D eigenvalue weighted by Crippen LogP contribution is -2.38. The number of benzene rings is 1. The summed E-state index contributed by atoms with van der Waals surface area (Å²) in [5, 5.41) is 6.43. The molecule has 2 aliphatic heterocycles. The molecule has 4 heterocycles. The third kappa shape index (κ3) is 3.83. The average molecular weight is 417 g/mol. The van der Waals surface area contributed by atoms with Gasteiger partial charge in [0.2, 0.25) is 0 Å². The van der Waals surface area contributed by atoms with Crippen LogP contribution < -0.4 is 0 Å². The first-order valence-corrected chi connectivity index (χ1v) is 11.0. The molecular formula is C25H28N4O2. The maximum absolute atomic E-state index is 13.5. The second kappa shape index (κ2) is 8.19. The van der Waals surface area contributed by atoms with Crippen molar-refractivity contribution >= 4 is 11.6 Å². The zero-order valence-electron chi connectivity index (χ0n) is 18.1. The number of carbonyl (C=O) groups excluding carboxylic acids is 1. The second-order valence-electron chi connectivity index (χ2n) is 8.56. The normalized spacial score (nSPS) is 21.6. The van der Waals surface area contributed by atoms with Gasteiger partial charge in [0.15, 0.2) is 0 Å². The molecule has 0 bridgehead atoms. The van der Waals surface area contributed by atoms with Gasteiger partial charge in [-0.05, 0) is 56.1 Å². The van der Waals surface area contributed by atoms with Crippen LogP contribution in [0.2, 0.25) is 0 Å². The molecule has 6 nitrogen and oxygen atoms in total. The highest BCUT2D eigenvalue weighted by Gasteiger charge is 2.37. The van der Waals surface area contributed by atoms with Crippen LogP contribution >= 0.6 is 0 Å². The maximum atomic E-state index is 13.5. The Morgan fingerprint density at radius 2 is 1.97 bits per heavy atom. The summed E-state index contributed by atoms with van der Waals surface area (Å²) in [5.41, 5.74) is 4.45. The van der Waals surface area contributed by atoms with Crippen molar-refractivity contribution in [3.63, 3.8) is 0 Å². The molecule has 2 atom stereocenters. The lowest BCUT2D eigenvalue weighted by Gasteiger charge is -2.27. The van der Waals surface area contributed by atoms with E-state index in [-0.39, 0.29) is 18.0 Å². The standard InChI is InChI=1S/C25H28N4O2/c1-18-9-11-19(12-10-18)20-16-23(24-8-5-15-31-24)29(26-20)25(30)17-28-14-4-7-22(28)21-6-3-13-27(21)2/h3,5-6,8-13,15,22-23H,4,7,14,16-17H2,1-2H3/t22-,23+/m0/s1. The summed E-state index contributed by atoms with van der Waals surface area (Å²) >= 11 is 0. The van der Waals surface area contributed by atoms with Crippen LogP contribution in [0.5, 0.6) is 0 Å². The van der Waals surface area contributed by atoms with E-state index in [1.54, 1.807) is 11.3 Å². The predicted molar refractivity (Wildman–Crippen MR) is 120 cm³/mol. The number of nitrogens with zero attached hydrogens (tertiary/aromatic N) is 4. The molecule has 1 saturated heterocycles. The fraction of sp³-hybridized carbons (Fsp3) is 0.360. The fourth-order valence-electron chi connectivity index (χ4n) is 4.78. The van der Waals surface area contributed by atoms with Gasteiger partial charge in [-0.3, -0.25) is 9.69 Å². The quantitative estimate of drug-likeness (QED) is 0.618. The summed E-state index contributed by atoms with van der Waals surface area (Å²) in [6.45, 7) is 3.36. The van der Waals surface area contributed by atoms with Crippen LogP contribution in [0.4, 0.5) is 0 Å². The first-order chi connectivity index (χ1) is 15.1. The van der Waals surface area contributed by atoms with Gasteiger partial charge in [-0.25, -0.2) is 5.01 Å². The van der Waals surface area contributed by atoms with Crippen molar-refractivity contribution in [3.8, 4) is 0 Å². The molecule has 2 aliphatic rings. The number of likely N-dealkylation sites (tertiary alicyclic amines) is 1. The molecule has 1 aromatic carbocycles. The summed E-state index contributed by atoms with van der Waals surface area (Å²) in [4.78, 5) is 15.8. The van der Waals surface area contributed by atoms with E-state index >= 15 is 0 Å². The number of amides is 1. The van der Waals surface area contributed by atoms with E-state index in [0.717, 1.165) is 36.4 Å². The Hall–Kier alpha value is -3.12. The van der Waals surface area contributed by atoms with Crippen molar-refractivity contribution in [1.82, 2.24) is 14.5 Å². The second-order valence-corrected chi connectivity index (χ2v) is 8.56. The Morgan fingerprint density at radius 1 is 1.13 bits per heavy atom. The van der Waals surface area contributed by atoms with Gasteiger partial charge in [0.05, 0.1) is 24.6 Å². The van der Waals surface area contributed by atoms with Crippen LogP contribution in [0.25, 0.3) is 0 Å². The Morgan fingerprint density at radius 3 is 2.68 bits per heavy atom. The molecule has 31 heavy (non-hydrogen) atoms. The minimum atomic E-state index is -0.199. The molecule has 0 aliphatic carbocycles. The zero-order valence-corrected chi connectivity index (χ0v) is 18.1. The Labute approximate surface area is 182 Å². The Bertz CT molecular complexity index is 1080. The first-order valence-electron chi connectivity index (χ1n) is 11.0. The Kier molecular flexibility index (Phi) is 5.24. The number of furan rings is 1. The molecule has 0 unspecified atom stereocenters. The van der Waals surface area contributed by atoms with Crippen LogP contribution in [0.1, 0.15) is 53.9 Å². The molecule has 0 N–H and O–H groups in total. The highest BCUT2D eigenvalue weighted by atomic mass is 16.3. The molecule has 0 saturated carbocycles. The van der Waals surface area contributed by atoms with Crippen LogP contribution in [0.3, 0.4) is 0 Å². The van der Waals surface area contributed by atoms with Crippen molar-refractivity contribution in [1.29, 1.82) is 0 Å². The van der Waals surface area contributed by atoms with Crippen molar-refractivity contribution in [3.05, 3.63) is 83.6 Å². The number of rotatable bonds is 5. The molecule has 3 aromatic rings. The van der Waals surface area contributed by atoms with E-state index in [9.17, 15) is 4.79 Å². The highest BCUT2D eigenvalue weighted by molar-refractivity contribution is 6.03. The van der Waals surface area contributed by atoms with Gasteiger partial charge in [-0.2, -0.15) is 5.10 Å². The molecule has 1 fully saturated rings. The topological polar surface area (TPSA) is 54.0 Å². The largest absolute Gasteiger partial charge is 0.467 e. The van der Waals surface area contributed by atoms with Gasteiger partial charge in [-0.15, -0.1) is 0 Å². The van der Waals surface area contributed by atoms with Gasteiger partial charge in [-0.1, -0.05) is 29.8 Å². The van der Waals surface area contributed by atoms with Crippen molar-refractivity contribution in [2.24, 2.45) is 12.1 Å². The van der Waals surface area contributed by atoms with E-state index in [0.29, 0.717) is 13.0 Å². The van der Waals surface area contributed by atoms with Gasteiger partial charge < -0.3 is 8.98 Å². The van der Waals surface area contributed by atoms with E-state index in [4.69, 9.17) is 9.52 Å². The summed E-state index contributed by atoms with van der Waals surface area (Å²) in [7, 11) is 2.07. The van der Waals surface area contributed by atoms with Gasteiger partial charge in [0.1, 0.15) is 11.8 Å². The lowest BCUT2D eigenvalue weighted by atomic mass is 10.0. The third-order valence-electron chi connectivity index (χ3n) is 6.45. The van der Waals surface area contributed by atoms with Gasteiger partial charge in [0.25, 0.3) is 5.91 Å². The average Bonchev–Trinajstić information content (AvgIpc) is 3.55. The molecule has 160 valence electrons. The SMILES string of the molecule is Cc1ccc(C2=NN(C(=O)CN3CCC[C@H]3c3cccn3C)[C@@H](c3ccco3)C2)cc1. The van der Waals surface area contributed by atoms with Crippen molar-refractivity contribution in [2.45, 2.75) is 38.3 Å². The summed E-state index contributed by atoms with van der Waals surface area (Å²) in [5.74, 6) is 0.796. The van der Waals surface area contributed by atoms with Crippen molar-refractivity contribution in [2.75, 3.05) is 13.1 Å². The first kappa shape index (κ1) is 19.8. The van der Waals surface area contributed by atoms with Crippen LogP contribution in [0, 0.1) is 6.92 Å². The number of hydrogen-bond acceptors (Lipinski definition) is 4. The highest BCUT2D eigenvalue weighted by Crippen LogP contribution is 2.35. The third-order valence-corrected chi connectivity index (χ3v) is 6.45. The zero-order chi connectivity index (χ0) is 21.4. The summed E-state index contributed by atoms with van der Waals surface area (Å²) in [6.07, 6.45) is 6.56. The van der Waals surface area contributed by atoms with Gasteiger partial charge >= 0.3 is 0 Å². The molecule has 2 aromatic heterocycles. The Balaban J connectivity index is 1.39. The number of carbonyl (C=O) groups is 1. The number of aromatic nitrogens is 1. The number of aryl methyl sites for hydroxylation is 2. The van der Waals surface area contributed by atoms with Gasteiger partial charge in [0, 0.05) is 25.4 Å². The fourth-order valence-corrected chi connectivity index (χ4v) is 4.78. The smallest absolute Gasteiger partial charge is 0.257 e. The monoisotopic (exact) mass is 416 g/mol. The lowest BCUT2D eigenvalue weighted by molar-refractivity contribution is -0.134. The van der Waals surface area contributed by atoms with Crippen LogP contribution in [0.15, 0.2) is 70.5 Å². The summed E-state index contributed by atoms with van der Waals surface area (Å²) in [6, 6.07) is 16.4. The van der Waals surface area contributed by atoms with Crippen LogP contribution in [-0.2, 0) is 11.8 Å². The van der Waals surface area contributed by atoms with Crippen molar-refractivity contribution < 1.29 is 9.21 Å². The minimum Gasteiger partial charge on any atom is -0.467 e. The summed E-state index contributed by atoms with van der Waals surface area (Å²) < 4.78 is 7.84. The molecule has 0 spiro atoms. The maximum Gasteiger partial charge on any atom is 0.257 e. The van der Waals surface area contributed by atoms with E-state index in [1.807, 2.05) is 12.1 Å². The number of hydrogen-bond donors (Lipinski definition) is 0. The van der Waals surface area contributed by atoms with E-state index < -0.39 is 0 Å². The number of hydrazone groups is 1. The molecule has 6 heteroatoms. The molecular weight excluding hydrogens is 388 g/mol. The molecule has 1 amide bonds. The van der Waals surface area contributed by atoms with Crippen LogP contribution in [-0.4, -0.2) is 39.2 Å². The minimum absolute atomic E-state index is 0.0182. The molecule has 5 rings (SSSR count). The van der Waals surface area contributed by atoms with E-state index in [1.165, 1.54) is 11.3 Å². The predicted octanol–water partition coefficient (Wildman–Crippen LogP) is 4.44. The van der Waals surface area contributed by atoms with E-state index in [2.05, 4.69) is 66.0 Å².